The van der Waals surface area contributed by atoms with Crippen LogP contribution in [0.1, 0.15) is 24.0 Å². The van der Waals surface area contributed by atoms with Gasteiger partial charge < -0.3 is 40.0 Å². The number of aliphatic hydroxyl groups excluding tert-OH is 2. The molecule has 0 bridgehead atoms. The summed E-state index contributed by atoms with van der Waals surface area (Å²) >= 11 is 0. The maximum Gasteiger partial charge on any atom is 0.0870 e. The number of carbonyl (C=O) groups is 2. The molecule has 2 aromatic carbocycles. The molecule has 10 nitrogen and oxygen atoms in total. The Labute approximate surface area is 244 Å². The molecule has 0 saturated carbocycles. The summed E-state index contributed by atoms with van der Waals surface area (Å²) in [6.45, 7) is 5.99. The number of β-amino-alcohol motifs (C(OH)–C–C–N with tert-alkyl or cyclic N) is 2. The van der Waals surface area contributed by atoms with Gasteiger partial charge in [-0.3, -0.25) is 9.80 Å². The summed E-state index contributed by atoms with van der Waals surface area (Å²) in [5.41, 5.74) is 7.89. The zero-order valence-electron chi connectivity index (χ0n) is 23.4. The van der Waals surface area contributed by atoms with Gasteiger partial charge >= 0.3 is 0 Å². The molecule has 0 amide bonds. The van der Waals surface area contributed by atoms with E-state index >= 15 is 0 Å². The van der Waals surface area contributed by atoms with Crippen LogP contribution in [0.2, 0.25) is 0 Å². The third-order valence-corrected chi connectivity index (χ3v) is 7.46. The van der Waals surface area contributed by atoms with E-state index in [1.165, 1.54) is 44.1 Å². The van der Waals surface area contributed by atoms with Gasteiger partial charge in [0.1, 0.15) is 0 Å². The Kier molecular flexibility index (Phi) is 11.1. The zero-order valence-corrected chi connectivity index (χ0v) is 23.4. The molecule has 222 valence electrons. The quantitative estimate of drug-likeness (QED) is 0.249. The molecule has 42 heavy (non-hydrogen) atoms. The second-order valence-electron chi connectivity index (χ2n) is 10.1. The number of benzene rings is 2. The molecule has 10 heteroatoms. The summed E-state index contributed by atoms with van der Waals surface area (Å²) in [5.74, 6) is -4.37. The summed E-state index contributed by atoms with van der Waals surface area (Å²) in [4.78, 5) is 29.1. The maximum absolute atomic E-state index is 8.94. The van der Waals surface area contributed by atoms with E-state index in [2.05, 4.69) is 92.8 Å². The summed E-state index contributed by atoms with van der Waals surface area (Å²) in [6, 6.07) is 16.8. The Hall–Kier alpha value is -4.22. The standard InChI is InChI=1S/2C15H18N2O.C2H2O4/c2*18-10-9-17-7-5-12(6-8-17)14-11-16-15-4-2-1-3-13(14)15;3-1(4)2(5)6/h2*1-5,11,16,18H,6-10H2;(H,3,4)(H,5,6)/p-2. The fourth-order valence-electron chi connectivity index (χ4n) is 5.28. The summed E-state index contributed by atoms with van der Waals surface area (Å²) < 4.78 is 0. The number of hydrogen-bond acceptors (Lipinski definition) is 8. The van der Waals surface area contributed by atoms with Crippen LogP contribution in [0.25, 0.3) is 33.0 Å². The third kappa shape index (κ3) is 7.95. The van der Waals surface area contributed by atoms with E-state index < -0.39 is 11.9 Å². The van der Waals surface area contributed by atoms with Crippen LogP contribution in [-0.4, -0.2) is 94.4 Å². The number of aliphatic hydroxyl groups is 2. The Bertz CT molecular complexity index is 1440. The number of aromatic amines is 2. The Morgan fingerprint density at radius 2 is 1.10 bits per heavy atom. The number of H-pyrrole nitrogens is 2. The van der Waals surface area contributed by atoms with Gasteiger partial charge in [-0.1, -0.05) is 48.6 Å². The number of hydrogen-bond donors (Lipinski definition) is 4. The predicted molar refractivity (Wildman–Crippen MR) is 159 cm³/mol. The SMILES string of the molecule is O=C([O-])C(=O)[O-].OCCN1CC=C(c2c[nH]c3ccccc23)CC1.OCCN1CC=C(c2c[nH]c3ccccc23)CC1. The van der Waals surface area contributed by atoms with E-state index in [1.807, 2.05) is 0 Å². The Morgan fingerprint density at radius 1 is 0.690 bits per heavy atom. The van der Waals surface area contributed by atoms with Crippen molar-refractivity contribution in [1.82, 2.24) is 19.8 Å². The molecular weight excluding hydrogens is 536 g/mol. The summed E-state index contributed by atoms with van der Waals surface area (Å²) in [7, 11) is 0. The monoisotopic (exact) mass is 572 g/mol. The van der Waals surface area contributed by atoms with Crippen molar-refractivity contribution in [3.63, 3.8) is 0 Å². The molecule has 6 rings (SSSR count). The van der Waals surface area contributed by atoms with Gasteiger partial charge in [0, 0.05) is 84.6 Å². The first-order chi connectivity index (χ1) is 20.4. The highest BCUT2D eigenvalue weighted by Gasteiger charge is 2.16. The van der Waals surface area contributed by atoms with E-state index in [0.29, 0.717) is 0 Å². The lowest BCUT2D eigenvalue weighted by molar-refractivity contribution is -0.345. The van der Waals surface area contributed by atoms with Crippen LogP contribution in [0, 0.1) is 0 Å². The second-order valence-corrected chi connectivity index (χ2v) is 10.1. The van der Waals surface area contributed by atoms with Gasteiger partial charge in [0.05, 0.1) is 25.2 Å². The molecule has 4 heterocycles. The Balaban J connectivity index is 0.000000162. The highest BCUT2D eigenvalue weighted by molar-refractivity contribution is 6.25. The van der Waals surface area contributed by atoms with Gasteiger partial charge in [-0.15, -0.1) is 0 Å². The molecule has 0 aliphatic carbocycles. The minimum Gasteiger partial charge on any atom is -0.543 e. The van der Waals surface area contributed by atoms with Crippen LogP contribution in [0.5, 0.6) is 0 Å². The van der Waals surface area contributed by atoms with Crippen LogP contribution < -0.4 is 10.2 Å². The average molecular weight is 573 g/mol. The van der Waals surface area contributed by atoms with Crippen LogP contribution in [0.4, 0.5) is 0 Å². The number of aliphatic carboxylic acids is 2. The molecule has 0 fully saturated rings. The lowest BCUT2D eigenvalue weighted by Gasteiger charge is -2.25. The predicted octanol–water partition coefficient (Wildman–Crippen LogP) is 0.985. The van der Waals surface area contributed by atoms with Gasteiger partial charge in [-0.05, 0) is 36.1 Å². The topological polar surface area (TPSA) is 159 Å². The van der Waals surface area contributed by atoms with Crippen LogP contribution in [0.15, 0.2) is 73.1 Å². The largest absolute Gasteiger partial charge is 0.543 e. The first-order valence-electron chi connectivity index (χ1n) is 14.0. The van der Waals surface area contributed by atoms with Gasteiger partial charge in [-0.25, -0.2) is 0 Å². The number of nitrogens with one attached hydrogen (secondary N) is 2. The average Bonchev–Trinajstić information content (AvgIpc) is 3.64. The van der Waals surface area contributed by atoms with Crippen molar-refractivity contribution < 1.29 is 30.0 Å². The van der Waals surface area contributed by atoms with Gasteiger partial charge in [0.15, 0.2) is 0 Å². The highest BCUT2D eigenvalue weighted by Crippen LogP contribution is 2.30. The van der Waals surface area contributed by atoms with E-state index in [1.54, 1.807) is 0 Å². The number of carbonyl (C=O) groups excluding carboxylic acids is 2. The first-order valence-corrected chi connectivity index (χ1v) is 14.0. The molecule has 0 unspecified atom stereocenters. The van der Waals surface area contributed by atoms with E-state index in [9.17, 15) is 0 Å². The molecular formula is C32H36N4O6-2. The van der Waals surface area contributed by atoms with Crippen LogP contribution in [-0.2, 0) is 9.59 Å². The molecule has 2 aliphatic heterocycles. The van der Waals surface area contributed by atoms with Crippen molar-refractivity contribution in [2.45, 2.75) is 12.8 Å². The molecule has 0 spiro atoms. The van der Waals surface area contributed by atoms with E-state index in [0.717, 1.165) is 52.1 Å². The van der Waals surface area contributed by atoms with Gasteiger partial charge in [0.2, 0.25) is 0 Å². The lowest BCUT2D eigenvalue weighted by Crippen LogP contribution is -2.42. The lowest BCUT2D eigenvalue weighted by atomic mass is 9.99. The number of aromatic nitrogens is 2. The number of para-hydroxylation sites is 2. The number of carboxylic acids is 2. The number of carboxylic acid groups (broad SMARTS) is 2. The van der Waals surface area contributed by atoms with Gasteiger partial charge in [0.25, 0.3) is 0 Å². The van der Waals surface area contributed by atoms with Crippen molar-refractivity contribution in [3.05, 3.63) is 84.2 Å². The van der Waals surface area contributed by atoms with Crippen LogP contribution >= 0.6 is 0 Å². The second kappa shape index (κ2) is 15.1. The number of rotatable bonds is 6. The molecule has 0 atom stereocenters. The summed E-state index contributed by atoms with van der Waals surface area (Å²) in [5, 5.41) is 38.3. The fraction of sp³-hybridized carbons (Fsp3) is 0.312. The molecule has 2 aromatic heterocycles. The maximum atomic E-state index is 8.94. The summed E-state index contributed by atoms with van der Waals surface area (Å²) in [6.07, 6.45) is 10.9. The number of fused-ring (bicyclic) bond motifs is 2. The number of nitrogens with zero attached hydrogens (tertiary/aromatic N) is 2. The fourth-order valence-corrected chi connectivity index (χ4v) is 5.28. The van der Waals surface area contributed by atoms with Crippen molar-refractivity contribution >= 4 is 44.9 Å². The van der Waals surface area contributed by atoms with Crippen molar-refractivity contribution in [1.29, 1.82) is 0 Å². The van der Waals surface area contributed by atoms with Crippen molar-refractivity contribution in [3.8, 4) is 0 Å². The third-order valence-electron chi connectivity index (χ3n) is 7.46. The smallest absolute Gasteiger partial charge is 0.0870 e. The minimum absolute atomic E-state index is 0.246. The zero-order chi connectivity index (χ0) is 29.9. The van der Waals surface area contributed by atoms with E-state index in [-0.39, 0.29) is 13.2 Å². The highest BCUT2D eigenvalue weighted by atomic mass is 16.4. The minimum atomic E-state index is -2.19. The Morgan fingerprint density at radius 3 is 1.43 bits per heavy atom. The molecule has 4 aromatic rings. The van der Waals surface area contributed by atoms with Crippen LogP contribution in [0.3, 0.4) is 0 Å². The van der Waals surface area contributed by atoms with E-state index in [4.69, 9.17) is 30.0 Å². The normalized spacial score (nSPS) is 15.7. The first kappa shape index (κ1) is 30.7. The molecule has 2 aliphatic rings. The molecule has 4 N–H and O–H groups in total. The molecule has 0 radical (unpaired) electrons. The van der Waals surface area contributed by atoms with Crippen molar-refractivity contribution in [2.75, 3.05) is 52.5 Å². The van der Waals surface area contributed by atoms with Crippen molar-refractivity contribution in [2.24, 2.45) is 0 Å². The molecule has 0 saturated heterocycles. The van der Waals surface area contributed by atoms with Gasteiger partial charge in [-0.2, -0.15) is 0 Å².